The number of aryl methyl sites for hydroxylation is 1. The van der Waals surface area contributed by atoms with E-state index in [-0.39, 0.29) is 6.79 Å². The minimum absolute atomic E-state index is 0.253. The lowest BCUT2D eigenvalue weighted by Crippen LogP contribution is -2.09. The number of nitrogens with zero attached hydrogens (tertiary/aromatic N) is 2. The third-order valence-corrected chi connectivity index (χ3v) is 2.63. The van der Waals surface area contributed by atoms with Crippen LogP contribution in [0.3, 0.4) is 0 Å². The molecular weight excluding hydrogens is 232 g/mol. The molecule has 0 saturated carbocycles. The summed E-state index contributed by atoms with van der Waals surface area (Å²) in [5.41, 5.74) is 4.22. The van der Waals surface area contributed by atoms with Crippen LogP contribution >= 0.6 is 0 Å². The molecule has 92 valence electrons. The van der Waals surface area contributed by atoms with Crippen molar-refractivity contribution in [3.05, 3.63) is 30.0 Å². The number of fused-ring (bicyclic) bond motifs is 1. The van der Waals surface area contributed by atoms with Crippen molar-refractivity contribution in [1.29, 1.82) is 0 Å². The maximum Gasteiger partial charge on any atom is 0.231 e. The van der Waals surface area contributed by atoms with E-state index in [2.05, 4.69) is 15.4 Å². The quantitative estimate of drug-likeness (QED) is 0.615. The minimum Gasteiger partial charge on any atom is -0.454 e. The van der Waals surface area contributed by atoms with E-state index >= 15 is 0 Å². The average molecular weight is 244 g/mol. The predicted octanol–water partition coefficient (Wildman–Crippen LogP) is 1.47. The Labute approximate surface area is 104 Å². The van der Waals surface area contributed by atoms with Gasteiger partial charge in [0.2, 0.25) is 6.79 Å². The van der Waals surface area contributed by atoms with Crippen LogP contribution in [0.2, 0.25) is 0 Å². The number of nitrogens with two attached hydrogens (primary N) is 1. The van der Waals surface area contributed by atoms with Gasteiger partial charge in [-0.25, -0.2) is 15.8 Å². The van der Waals surface area contributed by atoms with Gasteiger partial charge in [-0.3, -0.25) is 0 Å². The Morgan fingerprint density at radius 1 is 1.17 bits per heavy atom. The zero-order valence-electron chi connectivity index (χ0n) is 9.80. The first-order valence-electron chi connectivity index (χ1n) is 5.48. The Bertz CT molecular complexity index is 601. The lowest BCUT2D eigenvalue weighted by Gasteiger charge is -2.06. The molecule has 0 bridgehead atoms. The fourth-order valence-corrected chi connectivity index (χ4v) is 1.81. The SMILES string of the molecule is Cc1cc(NN)nc(-c2ccc3c(c2)OCO3)n1. The van der Waals surface area contributed by atoms with E-state index in [1.54, 1.807) is 6.07 Å². The molecule has 0 radical (unpaired) electrons. The van der Waals surface area contributed by atoms with Gasteiger partial charge in [0.25, 0.3) is 0 Å². The van der Waals surface area contributed by atoms with Gasteiger partial charge >= 0.3 is 0 Å². The molecule has 0 amide bonds. The standard InChI is InChI=1S/C12H12N4O2/c1-7-4-11(16-13)15-12(14-7)8-2-3-9-10(5-8)18-6-17-9/h2-5H,6,13H2,1H3,(H,14,15,16). The summed E-state index contributed by atoms with van der Waals surface area (Å²) >= 11 is 0. The van der Waals surface area contributed by atoms with E-state index < -0.39 is 0 Å². The van der Waals surface area contributed by atoms with Crippen LogP contribution in [0.15, 0.2) is 24.3 Å². The normalized spacial score (nSPS) is 12.6. The largest absolute Gasteiger partial charge is 0.454 e. The smallest absolute Gasteiger partial charge is 0.231 e. The highest BCUT2D eigenvalue weighted by molar-refractivity contribution is 5.63. The molecule has 1 aliphatic rings. The molecule has 2 aromatic rings. The predicted molar refractivity (Wildman–Crippen MR) is 66.1 cm³/mol. The van der Waals surface area contributed by atoms with Crippen LogP contribution in [0, 0.1) is 6.92 Å². The Kier molecular flexibility index (Phi) is 2.49. The summed E-state index contributed by atoms with van der Waals surface area (Å²) in [4.78, 5) is 8.68. The molecule has 3 N–H and O–H groups in total. The lowest BCUT2D eigenvalue weighted by molar-refractivity contribution is 0.174. The van der Waals surface area contributed by atoms with E-state index in [4.69, 9.17) is 15.3 Å². The maximum absolute atomic E-state index is 5.37. The fourth-order valence-electron chi connectivity index (χ4n) is 1.81. The van der Waals surface area contributed by atoms with Gasteiger partial charge in [-0.05, 0) is 25.1 Å². The minimum atomic E-state index is 0.253. The number of hydrogen-bond donors (Lipinski definition) is 2. The highest BCUT2D eigenvalue weighted by Crippen LogP contribution is 2.35. The van der Waals surface area contributed by atoms with Crippen molar-refractivity contribution in [2.24, 2.45) is 5.84 Å². The molecule has 0 saturated heterocycles. The fraction of sp³-hybridized carbons (Fsp3) is 0.167. The zero-order chi connectivity index (χ0) is 12.5. The van der Waals surface area contributed by atoms with Gasteiger partial charge in [0, 0.05) is 17.3 Å². The van der Waals surface area contributed by atoms with Gasteiger partial charge in [-0.15, -0.1) is 0 Å². The highest BCUT2D eigenvalue weighted by Gasteiger charge is 2.15. The molecule has 6 heteroatoms. The van der Waals surface area contributed by atoms with Crippen LogP contribution in [0.5, 0.6) is 11.5 Å². The van der Waals surface area contributed by atoms with Crippen molar-refractivity contribution in [2.45, 2.75) is 6.92 Å². The van der Waals surface area contributed by atoms with E-state index in [1.807, 2.05) is 25.1 Å². The molecule has 0 spiro atoms. The first-order valence-corrected chi connectivity index (χ1v) is 5.48. The number of nitrogens with one attached hydrogen (secondary N) is 1. The molecule has 0 aliphatic carbocycles. The Hall–Kier alpha value is -2.34. The molecule has 1 aromatic heterocycles. The van der Waals surface area contributed by atoms with Crippen molar-refractivity contribution in [3.63, 3.8) is 0 Å². The monoisotopic (exact) mass is 244 g/mol. The maximum atomic E-state index is 5.37. The molecule has 1 aliphatic heterocycles. The van der Waals surface area contributed by atoms with Gasteiger partial charge in [-0.2, -0.15) is 0 Å². The van der Waals surface area contributed by atoms with E-state index in [0.717, 1.165) is 17.0 Å². The second-order valence-electron chi connectivity index (χ2n) is 3.93. The molecule has 3 rings (SSSR count). The zero-order valence-corrected chi connectivity index (χ0v) is 9.80. The molecule has 0 atom stereocenters. The number of hydrazine groups is 1. The number of benzene rings is 1. The number of aromatic nitrogens is 2. The Morgan fingerprint density at radius 2 is 2.00 bits per heavy atom. The van der Waals surface area contributed by atoms with Crippen LogP contribution < -0.4 is 20.7 Å². The lowest BCUT2D eigenvalue weighted by atomic mass is 10.2. The third-order valence-electron chi connectivity index (χ3n) is 2.63. The van der Waals surface area contributed by atoms with Gasteiger partial charge in [0.15, 0.2) is 17.3 Å². The summed E-state index contributed by atoms with van der Waals surface area (Å²) in [6.07, 6.45) is 0. The summed E-state index contributed by atoms with van der Waals surface area (Å²) in [6, 6.07) is 7.37. The number of ether oxygens (including phenoxy) is 2. The Balaban J connectivity index is 2.06. The molecule has 18 heavy (non-hydrogen) atoms. The summed E-state index contributed by atoms with van der Waals surface area (Å²) in [5.74, 6) is 8.00. The number of anilines is 1. The van der Waals surface area contributed by atoms with Crippen LogP contribution in [0.25, 0.3) is 11.4 Å². The van der Waals surface area contributed by atoms with Gasteiger partial charge < -0.3 is 14.9 Å². The van der Waals surface area contributed by atoms with Crippen molar-refractivity contribution < 1.29 is 9.47 Å². The van der Waals surface area contributed by atoms with E-state index in [1.165, 1.54) is 0 Å². The first-order chi connectivity index (χ1) is 8.76. The summed E-state index contributed by atoms with van der Waals surface area (Å²) in [6.45, 7) is 2.14. The summed E-state index contributed by atoms with van der Waals surface area (Å²) < 4.78 is 10.6. The number of rotatable bonds is 2. The molecule has 6 nitrogen and oxygen atoms in total. The van der Waals surface area contributed by atoms with Crippen molar-refractivity contribution in [3.8, 4) is 22.9 Å². The van der Waals surface area contributed by atoms with E-state index in [9.17, 15) is 0 Å². The van der Waals surface area contributed by atoms with Crippen LogP contribution in [-0.2, 0) is 0 Å². The molecule has 2 heterocycles. The number of hydrogen-bond acceptors (Lipinski definition) is 6. The van der Waals surface area contributed by atoms with E-state index in [0.29, 0.717) is 17.4 Å². The third kappa shape index (κ3) is 1.82. The Morgan fingerprint density at radius 3 is 2.83 bits per heavy atom. The second-order valence-corrected chi connectivity index (χ2v) is 3.93. The topological polar surface area (TPSA) is 82.3 Å². The average Bonchev–Trinajstić information content (AvgIpc) is 2.85. The second kappa shape index (κ2) is 4.15. The number of nitrogen functional groups attached to an aromatic ring is 1. The van der Waals surface area contributed by atoms with Crippen LogP contribution in [0.4, 0.5) is 5.82 Å². The molecule has 0 fully saturated rings. The summed E-state index contributed by atoms with van der Waals surface area (Å²) in [7, 11) is 0. The van der Waals surface area contributed by atoms with Crippen LogP contribution in [-0.4, -0.2) is 16.8 Å². The van der Waals surface area contributed by atoms with Crippen LogP contribution in [0.1, 0.15) is 5.69 Å². The highest BCUT2D eigenvalue weighted by atomic mass is 16.7. The summed E-state index contributed by atoms with van der Waals surface area (Å²) in [5, 5.41) is 0. The van der Waals surface area contributed by atoms with Crippen molar-refractivity contribution in [2.75, 3.05) is 12.2 Å². The molecule has 1 aromatic carbocycles. The first kappa shape index (κ1) is 10.8. The molecular formula is C12H12N4O2. The molecule has 0 unspecified atom stereocenters. The van der Waals surface area contributed by atoms with Crippen molar-refractivity contribution >= 4 is 5.82 Å². The van der Waals surface area contributed by atoms with Gasteiger partial charge in [-0.1, -0.05) is 0 Å². The van der Waals surface area contributed by atoms with Crippen molar-refractivity contribution in [1.82, 2.24) is 9.97 Å². The van der Waals surface area contributed by atoms with Gasteiger partial charge in [0.05, 0.1) is 0 Å². The van der Waals surface area contributed by atoms with Gasteiger partial charge in [0.1, 0.15) is 5.82 Å².